The minimum Gasteiger partial charge on any atom is -0.497 e. The van der Waals surface area contributed by atoms with Gasteiger partial charge in [0.15, 0.2) is 0 Å². The monoisotopic (exact) mass is 190 g/mol. The largest absolute Gasteiger partial charge is 0.497 e. The number of hydrogen-bond acceptors (Lipinski definition) is 2. The van der Waals surface area contributed by atoms with E-state index in [0.29, 0.717) is 5.92 Å². The van der Waals surface area contributed by atoms with Gasteiger partial charge in [0.1, 0.15) is 12.0 Å². The highest BCUT2D eigenvalue weighted by Crippen LogP contribution is 2.41. The van der Waals surface area contributed by atoms with E-state index in [1.165, 1.54) is 12.8 Å². The van der Waals surface area contributed by atoms with Crippen molar-refractivity contribution in [3.05, 3.63) is 29.8 Å². The summed E-state index contributed by atoms with van der Waals surface area (Å²) in [5.74, 6) is 1.52. The molecule has 0 heterocycles. The zero-order valence-corrected chi connectivity index (χ0v) is 8.27. The minimum absolute atomic E-state index is 0.0981. The molecule has 2 nitrogen and oxygen atoms in total. The van der Waals surface area contributed by atoms with Crippen molar-refractivity contribution in [2.75, 3.05) is 7.11 Å². The number of aldehydes is 1. The van der Waals surface area contributed by atoms with Crippen molar-refractivity contribution in [1.29, 1.82) is 0 Å². The van der Waals surface area contributed by atoms with Crippen molar-refractivity contribution in [3.63, 3.8) is 0 Å². The molecule has 0 aromatic heterocycles. The first kappa shape index (κ1) is 9.25. The summed E-state index contributed by atoms with van der Waals surface area (Å²) in [4.78, 5) is 10.9. The van der Waals surface area contributed by atoms with Crippen LogP contribution in [0.15, 0.2) is 24.3 Å². The SMILES string of the molecule is COc1ccc(C(C=O)C2CC2)cc1. The Balaban J connectivity index is 2.17. The molecular weight excluding hydrogens is 176 g/mol. The second-order valence-electron chi connectivity index (χ2n) is 3.77. The molecule has 0 bridgehead atoms. The van der Waals surface area contributed by atoms with E-state index >= 15 is 0 Å². The van der Waals surface area contributed by atoms with Gasteiger partial charge in [-0.1, -0.05) is 12.1 Å². The van der Waals surface area contributed by atoms with Gasteiger partial charge in [-0.25, -0.2) is 0 Å². The summed E-state index contributed by atoms with van der Waals surface area (Å²) < 4.78 is 5.07. The maximum absolute atomic E-state index is 10.9. The van der Waals surface area contributed by atoms with Crippen LogP contribution in [0, 0.1) is 5.92 Å². The molecule has 2 rings (SSSR count). The number of ether oxygens (including phenoxy) is 1. The Labute approximate surface area is 83.9 Å². The number of benzene rings is 1. The fourth-order valence-electron chi connectivity index (χ4n) is 1.74. The summed E-state index contributed by atoms with van der Waals surface area (Å²) in [5.41, 5.74) is 1.11. The molecule has 1 saturated carbocycles. The van der Waals surface area contributed by atoms with Gasteiger partial charge in [0.05, 0.1) is 7.11 Å². The Hall–Kier alpha value is -1.31. The van der Waals surface area contributed by atoms with Crippen molar-refractivity contribution in [3.8, 4) is 5.75 Å². The standard InChI is InChI=1S/C12H14O2/c1-14-11-6-4-10(5-7-11)12(8-13)9-2-3-9/h4-9,12H,2-3H2,1H3. The lowest BCUT2D eigenvalue weighted by Gasteiger charge is -2.09. The fourth-order valence-corrected chi connectivity index (χ4v) is 1.74. The Morgan fingerprint density at radius 2 is 2.00 bits per heavy atom. The Bertz CT molecular complexity index is 312. The maximum Gasteiger partial charge on any atom is 0.127 e. The highest BCUT2D eigenvalue weighted by atomic mass is 16.5. The van der Waals surface area contributed by atoms with E-state index in [4.69, 9.17) is 4.74 Å². The van der Waals surface area contributed by atoms with Gasteiger partial charge < -0.3 is 9.53 Å². The second-order valence-corrected chi connectivity index (χ2v) is 3.77. The lowest BCUT2D eigenvalue weighted by Crippen LogP contribution is -2.02. The average molecular weight is 190 g/mol. The summed E-state index contributed by atoms with van der Waals surface area (Å²) in [6.45, 7) is 0. The summed E-state index contributed by atoms with van der Waals surface area (Å²) in [6.07, 6.45) is 3.45. The second kappa shape index (κ2) is 3.82. The average Bonchev–Trinajstić information content (AvgIpc) is 3.04. The van der Waals surface area contributed by atoms with Crippen LogP contribution < -0.4 is 4.74 Å². The molecule has 1 aliphatic carbocycles. The molecule has 0 N–H and O–H groups in total. The third kappa shape index (κ3) is 1.79. The lowest BCUT2D eigenvalue weighted by molar-refractivity contribution is -0.109. The third-order valence-corrected chi connectivity index (χ3v) is 2.78. The van der Waals surface area contributed by atoms with Gasteiger partial charge in [-0.3, -0.25) is 0 Å². The first-order valence-corrected chi connectivity index (χ1v) is 4.94. The summed E-state index contributed by atoms with van der Waals surface area (Å²) in [7, 11) is 1.65. The van der Waals surface area contributed by atoms with Crippen molar-refractivity contribution in [2.24, 2.45) is 5.92 Å². The molecule has 0 saturated heterocycles. The van der Waals surface area contributed by atoms with E-state index in [-0.39, 0.29) is 5.92 Å². The first-order valence-electron chi connectivity index (χ1n) is 4.94. The number of rotatable bonds is 4. The van der Waals surface area contributed by atoms with Gasteiger partial charge in [-0.05, 0) is 36.5 Å². The van der Waals surface area contributed by atoms with Crippen LogP contribution in [0.1, 0.15) is 24.3 Å². The first-order chi connectivity index (χ1) is 6.85. The Morgan fingerprint density at radius 1 is 1.36 bits per heavy atom. The normalized spacial score (nSPS) is 17.5. The lowest BCUT2D eigenvalue weighted by atomic mass is 9.96. The van der Waals surface area contributed by atoms with Crippen molar-refractivity contribution >= 4 is 6.29 Å². The molecule has 1 atom stereocenters. The number of carbonyl (C=O) groups is 1. The topological polar surface area (TPSA) is 26.3 Å². The zero-order chi connectivity index (χ0) is 9.97. The highest BCUT2D eigenvalue weighted by molar-refractivity contribution is 5.63. The van der Waals surface area contributed by atoms with E-state index in [0.717, 1.165) is 17.6 Å². The van der Waals surface area contributed by atoms with Crippen molar-refractivity contribution < 1.29 is 9.53 Å². The fraction of sp³-hybridized carbons (Fsp3) is 0.417. The molecular formula is C12H14O2. The molecule has 14 heavy (non-hydrogen) atoms. The molecule has 1 fully saturated rings. The van der Waals surface area contributed by atoms with Crippen LogP contribution in [-0.4, -0.2) is 13.4 Å². The van der Waals surface area contributed by atoms with Gasteiger partial charge in [0, 0.05) is 5.92 Å². The molecule has 1 aromatic rings. The van der Waals surface area contributed by atoms with Crippen LogP contribution in [0.5, 0.6) is 5.75 Å². The van der Waals surface area contributed by atoms with Gasteiger partial charge >= 0.3 is 0 Å². The van der Waals surface area contributed by atoms with Gasteiger partial charge in [-0.15, -0.1) is 0 Å². The molecule has 1 aromatic carbocycles. The number of carbonyl (C=O) groups excluding carboxylic acids is 1. The molecule has 2 heteroatoms. The summed E-state index contributed by atoms with van der Waals surface area (Å²) >= 11 is 0. The molecule has 0 amide bonds. The van der Waals surface area contributed by atoms with Crippen LogP contribution in [0.4, 0.5) is 0 Å². The van der Waals surface area contributed by atoms with E-state index < -0.39 is 0 Å². The predicted octanol–water partition coefficient (Wildman–Crippen LogP) is 2.39. The summed E-state index contributed by atoms with van der Waals surface area (Å²) in [6, 6.07) is 7.79. The van der Waals surface area contributed by atoms with Gasteiger partial charge in [0.2, 0.25) is 0 Å². The molecule has 1 aliphatic rings. The van der Waals surface area contributed by atoms with Crippen LogP contribution in [0.2, 0.25) is 0 Å². The number of hydrogen-bond donors (Lipinski definition) is 0. The van der Waals surface area contributed by atoms with Gasteiger partial charge in [-0.2, -0.15) is 0 Å². The van der Waals surface area contributed by atoms with Crippen LogP contribution in [0.3, 0.4) is 0 Å². The zero-order valence-electron chi connectivity index (χ0n) is 8.27. The molecule has 1 unspecified atom stereocenters. The quantitative estimate of drug-likeness (QED) is 0.681. The van der Waals surface area contributed by atoms with Crippen molar-refractivity contribution in [2.45, 2.75) is 18.8 Å². The predicted molar refractivity (Wildman–Crippen MR) is 54.5 cm³/mol. The van der Waals surface area contributed by atoms with Crippen LogP contribution in [0.25, 0.3) is 0 Å². The molecule has 74 valence electrons. The van der Waals surface area contributed by atoms with Crippen LogP contribution >= 0.6 is 0 Å². The Morgan fingerprint density at radius 3 is 2.43 bits per heavy atom. The van der Waals surface area contributed by atoms with Gasteiger partial charge in [0.25, 0.3) is 0 Å². The smallest absolute Gasteiger partial charge is 0.127 e. The maximum atomic E-state index is 10.9. The molecule has 0 radical (unpaired) electrons. The minimum atomic E-state index is 0.0981. The van der Waals surface area contributed by atoms with Crippen LogP contribution in [-0.2, 0) is 4.79 Å². The van der Waals surface area contributed by atoms with E-state index in [1.54, 1.807) is 7.11 Å². The molecule has 0 spiro atoms. The highest BCUT2D eigenvalue weighted by Gasteiger charge is 2.31. The third-order valence-electron chi connectivity index (χ3n) is 2.78. The summed E-state index contributed by atoms with van der Waals surface area (Å²) in [5, 5.41) is 0. The Kier molecular flexibility index (Phi) is 2.53. The van der Waals surface area contributed by atoms with E-state index in [9.17, 15) is 4.79 Å². The van der Waals surface area contributed by atoms with E-state index in [2.05, 4.69) is 0 Å². The van der Waals surface area contributed by atoms with E-state index in [1.807, 2.05) is 24.3 Å². The number of methoxy groups -OCH3 is 1. The van der Waals surface area contributed by atoms with Crippen molar-refractivity contribution in [1.82, 2.24) is 0 Å². The molecule has 0 aliphatic heterocycles.